The Labute approximate surface area is 113 Å². The van der Waals surface area contributed by atoms with Gasteiger partial charge in [0.25, 0.3) is 0 Å². The highest BCUT2D eigenvalue weighted by molar-refractivity contribution is 7.80. The molecule has 0 bridgehead atoms. The van der Waals surface area contributed by atoms with E-state index in [-0.39, 0.29) is 10.9 Å². The highest BCUT2D eigenvalue weighted by atomic mass is 32.1. The first-order valence-corrected chi connectivity index (χ1v) is 5.74. The van der Waals surface area contributed by atoms with Gasteiger partial charge in [-0.3, -0.25) is 0 Å². The largest absolute Gasteiger partial charge is 0.388 e. The Balaban J connectivity index is 2.32. The van der Waals surface area contributed by atoms with Crippen LogP contribution in [-0.4, -0.2) is 15.0 Å². The summed E-state index contributed by atoms with van der Waals surface area (Å²) >= 11 is 4.83. The van der Waals surface area contributed by atoms with Gasteiger partial charge in [-0.05, 0) is 25.1 Å². The van der Waals surface area contributed by atoms with Crippen LogP contribution in [0.3, 0.4) is 0 Å². The molecule has 2 rings (SSSR count). The van der Waals surface area contributed by atoms with Gasteiger partial charge in [0.2, 0.25) is 5.95 Å². The Kier molecular flexibility index (Phi) is 3.66. The van der Waals surface area contributed by atoms with Crippen molar-refractivity contribution in [3.05, 3.63) is 47.3 Å². The lowest BCUT2D eigenvalue weighted by atomic mass is 10.3. The average Bonchev–Trinajstić information content (AvgIpc) is 2.33. The molecule has 19 heavy (non-hydrogen) atoms. The van der Waals surface area contributed by atoms with Crippen molar-refractivity contribution in [2.45, 2.75) is 6.92 Å². The maximum absolute atomic E-state index is 13.1. The van der Waals surface area contributed by atoms with E-state index in [1.165, 1.54) is 6.07 Å². The Hall–Kier alpha value is -2.15. The molecule has 7 heteroatoms. The SMILES string of the molecule is Cc1cc(C(N)=S)nc(Nc2ccc(F)c(F)c2)n1. The van der Waals surface area contributed by atoms with Gasteiger partial charge in [-0.2, -0.15) is 0 Å². The van der Waals surface area contributed by atoms with Gasteiger partial charge in [0.05, 0.1) is 0 Å². The Morgan fingerprint density at radius 3 is 2.58 bits per heavy atom. The standard InChI is InChI=1S/C12H10F2N4S/c1-6-4-10(11(15)19)18-12(16-6)17-7-2-3-8(13)9(14)5-7/h2-5H,1H3,(H2,15,19)(H,16,17,18). The van der Waals surface area contributed by atoms with Crippen molar-refractivity contribution < 1.29 is 8.78 Å². The van der Waals surface area contributed by atoms with Gasteiger partial charge in [0, 0.05) is 17.4 Å². The molecule has 0 atom stereocenters. The van der Waals surface area contributed by atoms with Crippen LogP contribution in [0.15, 0.2) is 24.3 Å². The molecule has 0 aliphatic carbocycles. The van der Waals surface area contributed by atoms with Crippen LogP contribution in [0.2, 0.25) is 0 Å². The molecule has 4 nitrogen and oxygen atoms in total. The van der Waals surface area contributed by atoms with Gasteiger partial charge in [0.15, 0.2) is 11.6 Å². The molecule has 1 aromatic heterocycles. The third-order valence-corrected chi connectivity index (χ3v) is 2.49. The van der Waals surface area contributed by atoms with Crippen LogP contribution in [0.4, 0.5) is 20.4 Å². The molecule has 2 aromatic rings. The topological polar surface area (TPSA) is 63.8 Å². The number of aromatic nitrogens is 2. The molecule has 0 saturated heterocycles. The summed E-state index contributed by atoms with van der Waals surface area (Å²) in [4.78, 5) is 8.32. The summed E-state index contributed by atoms with van der Waals surface area (Å²) in [5.41, 5.74) is 6.89. The van der Waals surface area contributed by atoms with Gasteiger partial charge < -0.3 is 11.1 Å². The van der Waals surface area contributed by atoms with Crippen molar-refractivity contribution in [3.63, 3.8) is 0 Å². The predicted molar refractivity (Wildman–Crippen MR) is 72.3 cm³/mol. The van der Waals surface area contributed by atoms with E-state index in [0.29, 0.717) is 17.1 Å². The second-order valence-corrected chi connectivity index (χ2v) is 4.28. The molecular weight excluding hydrogens is 270 g/mol. The fourth-order valence-corrected chi connectivity index (χ4v) is 1.56. The minimum Gasteiger partial charge on any atom is -0.388 e. The molecule has 0 aliphatic rings. The number of hydrogen-bond donors (Lipinski definition) is 2. The van der Waals surface area contributed by atoms with Crippen molar-refractivity contribution in [1.29, 1.82) is 0 Å². The van der Waals surface area contributed by atoms with E-state index in [1.54, 1.807) is 13.0 Å². The Morgan fingerprint density at radius 1 is 1.21 bits per heavy atom. The number of halogens is 2. The van der Waals surface area contributed by atoms with E-state index in [0.717, 1.165) is 12.1 Å². The summed E-state index contributed by atoms with van der Waals surface area (Å²) in [6.07, 6.45) is 0. The average molecular weight is 280 g/mol. The first kappa shape index (κ1) is 13.3. The van der Waals surface area contributed by atoms with Crippen molar-refractivity contribution >= 4 is 28.8 Å². The first-order valence-electron chi connectivity index (χ1n) is 5.33. The Bertz CT molecular complexity index is 646. The first-order chi connectivity index (χ1) is 8.95. The third-order valence-electron chi connectivity index (χ3n) is 2.28. The molecule has 1 aromatic carbocycles. The third kappa shape index (κ3) is 3.19. The molecule has 0 fully saturated rings. The van der Waals surface area contributed by atoms with E-state index in [2.05, 4.69) is 15.3 Å². The highest BCUT2D eigenvalue weighted by Gasteiger charge is 2.07. The molecule has 0 aliphatic heterocycles. The highest BCUT2D eigenvalue weighted by Crippen LogP contribution is 2.17. The molecule has 0 spiro atoms. The van der Waals surface area contributed by atoms with E-state index in [1.807, 2.05) is 0 Å². The van der Waals surface area contributed by atoms with Crippen LogP contribution in [-0.2, 0) is 0 Å². The number of benzene rings is 1. The number of hydrogen-bond acceptors (Lipinski definition) is 4. The molecule has 0 radical (unpaired) electrons. The quantitative estimate of drug-likeness (QED) is 0.845. The van der Waals surface area contributed by atoms with Gasteiger partial charge in [0.1, 0.15) is 10.7 Å². The van der Waals surface area contributed by atoms with E-state index in [9.17, 15) is 8.78 Å². The van der Waals surface area contributed by atoms with Crippen LogP contribution in [0.25, 0.3) is 0 Å². The minimum atomic E-state index is -0.952. The van der Waals surface area contributed by atoms with Crippen LogP contribution in [0, 0.1) is 18.6 Å². The smallest absolute Gasteiger partial charge is 0.228 e. The summed E-state index contributed by atoms with van der Waals surface area (Å²) in [7, 11) is 0. The fraction of sp³-hybridized carbons (Fsp3) is 0.0833. The summed E-state index contributed by atoms with van der Waals surface area (Å²) in [5, 5.41) is 2.76. The lowest BCUT2D eigenvalue weighted by Crippen LogP contribution is -2.13. The number of nitrogens with zero attached hydrogens (tertiary/aromatic N) is 2. The predicted octanol–water partition coefficient (Wildman–Crippen LogP) is 2.44. The fourth-order valence-electron chi connectivity index (χ4n) is 1.45. The maximum Gasteiger partial charge on any atom is 0.228 e. The summed E-state index contributed by atoms with van der Waals surface area (Å²) < 4.78 is 25.9. The number of aryl methyl sites for hydroxylation is 1. The van der Waals surface area contributed by atoms with Crippen molar-refractivity contribution in [2.75, 3.05) is 5.32 Å². The second kappa shape index (κ2) is 5.23. The number of nitrogens with one attached hydrogen (secondary N) is 1. The lowest BCUT2D eigenvalue weighted by Gasteiger charge is -2.07. The normalized spacial score (nSPS) is 10.3. The Morgan fingerprint density at radius 2 is 1.95 bits per heavy atom. The van der Waals surface area contributed by atoms with E-state index in [4.69, 9.17) is 18.0 Å². The molecule has 0 saturated carbocycles. The van der Waals surface area contributed by atoms with Crippen LogP contribution in [0.1, 0.15) is 11.4 Å². The van der Waals surface area contributed by atoms with Crippen molar-refractivity contribution in [3.8, 4) is 0 Å². The molecule has 0 unspecified atom stereocenters. The van der Waals surface area contributed by atoms with Gasteiger partial charge in [-0.25, -0.2) is 18.7 Å². The molecule has 1 heterocycles. The van der Waals surface area contributed by atoms with E-state index < -0.39 is 11.6 Å². The van der Waals surface area contributed by atoms with Crippen molar-refractivity contribution in [1.82, 2.24) is 9.97 Å². The van der Waals surface area contributed by atoms with Gasteiger partial charge in [-0.1, -0.05) is 12.2 Å². The number of nitrogens with two attached hydrogens (primary N) is 1. The zero-order valence-electron chi connectivity index (χ0n) is 9.95. The molecule has 3 N–H and O–H groups in total. The zero-order valence-corrected chi connectivity index (χ0v) is 10.8. The van der Waals surface area contributed by atoms with Crippen molar-refractivity contribution in [2.24, 2.45) is 5.73 Å². The lowest BCUT2D eigenvalue weighted by molar-refractivity contribution is 0.509. The van der Waals surface area contributed by atoms with Crippen LogP contribution in [0.5, 0.6) is 0 Å². The van der Waals surface area contributed by atoms with Gasteiger partial charge in [-0.15, -0.1) is 0 Å². The summed E-state index contributed by atoms with van der Waals surface area (Å²) in [6, 6.07) is 5.05. The summed E-state index contributed by atoms with van der Waals surface area (Å²) in [6.45, 7) is 1.75. The van der Waals surface area contributed by atoms with Gasteiger partial charge >= 0.3 is 0 Å². The van der Waals surface area contributed by atoms with Crippen LogP contribution >= 0.6 is 12.2 Å². The molecular formula is C12H10F2N4S. The second-order valence-electron chi connectivity index (χ2n) is 3.84. The number of thiocarbonyl (C=S) groups is 1. The monoisotopic (exact) mass is 280 g/mol. The minimum absolute atomic E-state index is 0.138. The maximum atomic E-state index is 13.1. The van der Waals surface area contributed by atoms with E-state index >= 15 is 0 Å². The summed E-state index contributed by atoms with van der Waals surface area (Å²) in [5.74, 6) is -1.65. The molecule has 98 valence electrons. The number of rotatable bonds is 3. The number of anilines is 2. The molecule has 0 amide bonds. The van der Waals surface area contributed by atoms with Crippen LogP contribution < -0.4 is 11.1 Å². The zero-order chi connectivity index (χ0) is 14.0.